The molecule has 6 heteroatoms. The van der Waals surface area contributed by atoms with Crippen molar-refractivity contribution >= 4 is 5.97 Å². The van der Waals surface area contributed by atoms with Crippen molar-refractivity contribution < 1.29 is 14.6 Å². The van der Waals surface area contributed by atoms with Crippen LogP contribution in [0.2, 0.25) is 0 Å². The number of hydrogen-bond acceptors (Lipinski definition) is 5. The molecule has 166 valence electrons. The number of piperidine rings is 1. The molecule has 6 nitrogen and oxygen atoms in total. The number of ether oxygens (including phenoxy) is 1. The van der Waals surface area contributed by atoms with E-state index in [9.17, 15) is 14.7 Å². The molecule has 1 unspecified atom stereocenters. The van der Waals surface area contributed by atoms with E-state index in [-0.39, 0.29) is 24.1 Å². The van der Waals surface area contributed by atoms with Gasteiger partial charge in [-0.1, -0.05) is 43.2 Å². The number of esters is 1. The van der Waals surface area contributed by atoms with E-state index in [1.165, 1.54) is 10.6 Å². The van der Waals surface area contributed by atoms with E-state index < -0.39 is 11.6 Å². The van der Waals surface area contributed by atoms with Crippen molar-refractivity contribution in [2.45, 2.75) is 51.2 Å². The second-order valence-electron chi connectivity index (χ2n) is 9.16. The summed E-state index contributed by atoms with van der Waals surface area (Å²) < 4.78 is 6.80. The lowest BCUT2D eigenvalue weighted by Gasteiger charge is -2.51. The monoisotopic (exact) mass is 424 g/mol. The number of carbonyl (C=O) groups is 1. The van der Waals surface area contributed by atoms with E-state index in [0.29, 0.717) is 17.5 Å². The zero-order chi connectivity index (χ0) is 22.1. The Morgan fingerprint density at radius 2 is 1.87 bits per heavy atom. The van der Waals surface area contributed by atoms with Crippen LogP contribution in [0.25, 0.3) is 11.1 Å². The van der Waals surface area contributed by atoms with Gasteiger partial charge >= 0.3 is 5.97 Å². The zero-order valence-corrected chi connectivity index (χ0v) is 18.5. The summed E-state index contributed by atoms with van der Waals surface area (Å²) in [6, 6.07) is 10.9. The maximum atomic E-state index is 13.1. The fourth-order valence-electron chi connectivity index (χ4n) is 5.51. The Balaban J connectivity index is 1.76. The smallest absolute Gasteiger partial charge is 0.340 e. The number of aliphatic hydroxyl groups is 1. The van der Waals surface area contributed by atoms with Gasteiger partial charge in [-0.3, -0.25) is 4.79 Å². The lowest BCUT2D eigenvalue weighted by molar-refractivity contribution is -0.139. The van der Waals surface area contributed by atoms with Gasteiger partial charge in [0, 0.05) is 36.3 Å². The standard InChI is InChI=1S/C25H32N2O4/c1-3-31-23(29)21-16-27(22(28)15-20(21)19-9-5-4-6-10-19)18-25(30)13-14-26(2)17-24(25)11-7-8-12-24/h4-6,9-10,15-16,30H,3,7-8,11-14,17-18H2,1-2H3. The Morgan fingerprint density at radius 3 is 2.55 bits per heavy atom. The summed E-state index contributed by atoms with van der Waals surface area (Å²) in [4.78, 5) is 28.2. The molecule has 1 spiro atoms. The molecule has 0 bridgehead atoms. The van der Waals surface area contributed by atoms with E-state index in [1.807, 2.05) is 30.3 Å². The Labute approximate surface area is 183 Å². The summed E-state index contributed by atoms with van der Waals surface area (Å²) >= 11 is 0. The van der Waals surface area contributed by atoms with Gasteiger partial charge < -0.3 is 19.3 Å². The maximum Gasteiger partial charge on any atom is 0.340 e. The summed E-state index contributed by atoms with van der Waals surface area (Å²) in [5.41, 5.74) is 0.310. The molecule has 1 atom stereocenters. The molecule has 2 aromatic rings. The molecule has 31 heavy (non-hydrogen) atoms. The molecule has 1 aliphatic heterocycles. The highest BCUT2D eigenvalue weighted by molar-refractivity contribution is 5.96. The number of pyridine rings is 1. The number of rotatable bonds is 5. The second-order valence-corrected chi connectivity index (χ2v) is 9.16. The van der Waals surface area contributed by atoms with Gasteiger partial charge in [0.15, 0.2) is 0 Å². The van der Waals surface area contributed by atoms with Crippen LogP contribution in [0.15, 0.2) is 47.4 Å². The molecule has 4 rings (SSSR count). The number of carbonyl (C=O) groups excluding carboxylic acids is 1. The normalized spacial score (nSPS) is 23.2. The van der Waals surface area contributed by atoms with E-state index in [4.69, 9.17) is 4.74 Å². The number of benzene rings is 1. The van der Waals surface area contributed by atoms with Crippen LogP contribution >= 0.6 is 0 Å². The fraction of sp³-hybridized carbons (Fsp3) is 0.520. The molecule has 1 N–H and O–H groups in total. The summed E-state index contributed by atoms with van der Waals surface area (Å²) in [6.07, 6.45) is 6.34. The molecule has 1 aromatic heterocycles. The Morgan fingerprint density at radius 1 is 1.16 bits per heavy atom. The van der Waals surface area contributed by atoms with Crippen LogP contribution < -0.4 is 5.56 Å². The van der Waals surface area contributed by atoms with Gasteiger partial charge in [0.2, 0.25) is 0 Å². The molecule has 0 radical (unpaired) electrons. The Hall–Kier alpha value is -2.44. The fourth-order valence-corrected chi connectivity index (χ4v) is 5.51. The average Bonchev–Trinajstić information content (AvgIpc) is 3.23. The SMILES string of the molecule is CCOC(=O)c1cn(CC2(O)CCN(C)CC23CCCC3)c(=O)cc1-c1ccccc1. The van der Waals surface area contributed by atoms with Gasteiger partial charge in [0.1, 0.15) is 0 Å². The van der Waals surface area contributed by atoms with E-state index in [1.54, 1.807) is 13.1 Å². The predicted octanol–water partition coefficient (Wildman–Crippen LogP) is 3.32. The number of hydrogen-bond donors (Lipinski definition) is 1. The first-order chi connectivity index (χ1) is 14.9. The van der Waals surface area contributed by atoms with Crippen LogP contribution in [0.3, 0.4) is 0 Å². The Bertz CT molecular complexity index is 994. The van der Waals surface area contributed by atoms with Crippen LogP contribution in [0.1, 0.15) is 49.4 Å². The molecular weight excluding hydrogens is 392 g/mol. The minimum atomic E-state index is -0.972. The minimum absolute atomic E-state index is 0.196. The van der Waals surface area contributed by atoms with Crippen LogP contribution in [-0.2, 0) is 11.3 Å². The van der Waals surface area contributed by atoms with Crippen molar-refractivity contribution in [1.29, 1.82) is 0 Å². The molecule has 1 aliphatic carbocycles. The highest BCUT2D eigenvalue weighted by Crippen LogP contribution is 2.51. The molecule has 1 aromatic carbocycles. The first-order valence-electron chi connectivity index (χ1n) is 11.3. The van der Waals surface area contributed by atoms with Crippen LogP contribution in [0.4, 0.5) is 0 Å². The summed E-state index contributed by atoms with van der Waals surface area (Å²) in [7, 11) is 2.10. The zero-order valence-electron chi connectivity index (χ0n) is 18.5. The van der Waals surface area contributed by atoms with E-state index >= 15 is 0 Å². The molecule has 1 saturated carbocycles. The third kappa shape index (κ3) is 4.06. The van der Waals surface area contributed by atoms with Crippen molar-refractivity contribution in [2.24, 2.45) is 5.41 Å². The molecule has 1 saturated heterocycles. The second kappa shape index (κ2) is 8.60. The third-order valence-corrected chi connectivity index (χ3v) is 7.17. The van der Waals surface area contributed by atoms with Crippen molar-refractivity contribution in [3.8, 4) is 11.1 Å². The molecule has 2 fully saturated rings. The molecule has 2 heterocycles. The summed E-state index contributed by atoms with van der Waals surface area (Å²) in [5, 5.41) is 11.8. The lowest BCUT2D eigenvalue weighted by atomic mass is 9.66. The summed E-state index contributed by atoms with van der Waals surface area (Å²) in [5.74, 6) is -0.457. The molecule has 0 amide bonds. The highest BCUT2D eigenvalue weighted by Gasteiger charge is 2.54. The Kier molecular flexibility index (Phi) is 6.04. The highest BCUT2D eigenvalue weighted by atomic mass is 16.5. The van der Waals surface area contributed by atoms with Crippen molar-refractivity contribution in [3.05, 3.63) is 58.5 Å². The van der Waals surface area contributed by atoms with Gasteiger partial charge in [-0.25, -0.2) is 4.79 Å². The van der Waals surface area contributed by atoms with Gasteiger partial charge in [0.05, 0.1) is 24.3 Å². The largest absolute Gasteiger partial charge is 0.462 e. The third-order valence-electron chi connectivity index (χ3n) is 7.17. The van der Waals surface area contributed by atoms with Crippen LogP contribution in [-0.4, -0.2) is 52.9 Å². The van der Waals surface area contributed by atoms with Crippen molar-refractivity contribution in [2.75, 3.05) is 26.7 Å². The van der Waals surface area contributed by atoms with Crippen molar-refractivity contribution in [3.63, 3.8) is 0 Å². The first kappa shape index (κ1) is 21.8. The van der Waals surface area contributed by atoms with Crippen LogP contribution in [0, 0.1) is 5.41 Å². The van der Waals surface area contributed by atoms with Crippen LogP contribution in [0.5, 0.6) is 0 Å². The maximum absolute atomic E-state index is 13.1. The van der Waals surface area contributed by atoms with E-state index in [2.05, 4.69) is 11.9 Å². The lowest BCUT2D eigenvalue weighted by Crippen LogP contribution is -2.60. The number of likely N-dealkylation sites (tertiary alicyclic amines) is 1. The topological polar surface area (TPSA) is 71.8 Å². The van der Waals surface area contributed by atoms with Gasteiger partial charge in [-0.2, -0.15) is 0 Å². The molecular formula is C25H32N2O4. The van der Waals surface area contributed by atoms with Gasteiger partial charge in [-0.05, 0) is 38.8 Å². The van der Waals surface area contributed by atoms with Gasteiger partial charge in [0.25, 0.3) is 5.56 Å². The quantitative estimate of drug-likeness (QED) is 0.746. The summed E-state index contributed by atoms with van der Waals surface area (Å²) in [6.45, 7) is 3.85. The van der Waals surface area contributed by atoms with Gasteiger partial charge in [-0.15, -0.1) is 0 Å². The first-order valence-corrected chi connectivity index (χ1v) is 11.3. The van der Waals surface area contributed by atoms with Crippen molar-refractivity contribution in [1.82, 2.24) is 9.47 Å². The van der Waals surface area contributed by atoms with E-state index in [0.717, 1.165) is 44.3 Å². The predicted molar refractivity (Wildman–Crippen MR) is 120 cm³/mol. The average molecular weight is 425 g/mol. The minimum Gasteiger partial charge on any atom is -0.462 e. The molecule has 2 aliphatic rings. The number of nitrogens with zero attached hydrogens (tertiary/aromatic N) is 2. The number of aromatic nitrogens is 1.